The van der Waals surface area contributed by atoms with E-state index >= 15 is 0 Å². The summed E-state index contributed by atoms with van der Waals surface area (Å²) < 4.78 is 40.0. The molecule has 0 saturated carbocycles. The molecule has 2 nitrogen and oxygen atoms in total. The van der Waals surface area contributed by atoms with Gasteiger partial charge in [0.15, 0.2) is 0 Å². The van der Waals surface area contributed by atoms with Crippen LogP contribution in [0, 0.1) is 0 Å². The van der Waals surface area contributed by atoms with Crippen LogP contribution in [0.1, 0.15) is 20.3 Å². The molecule has 0 bridgehead atoms. The topological polar surface area (TPSA) is 21.3 Å². The molecule has 0 fully saturated rings. The highest BCUT2D eigenvalue weighted by Gasteiger charge is 2.25. The highest BCUT2D eigenvalue weighted by atomic mass is 19.4. The van der Waals surface area contributed by atoms with Crippen molar-refractivity contribution in [2.24, 2.45) is 0 Å². The van der Waals surface area contributed by atoms with Gasteiger partial charge in [0.05, 0.1) is 19.3 Å². The predicted molar refractivity (Wildman–Crippen MR) is 44.6 cm³/mol. The average Bonchev–Trinajstić information content (AvgIpc) is 2.01. The van der Waals surface area contributed by atoms with Gasteiger partial charge in [-0.25, -0.2) is 0 Å². The largest absolute Gasteiger partial charge is 0.401 e. The average molecular weight is 199 g/mol. The highest BCUT2D eigenvalue weighted by molar-refractivity contribution is 4.55. The normalized spacial score (nSPS) is 14.5. The van der Waals surface area contributed by atoms with Crippen molar-refractivity contribution in [1.82, 2.24) is 5.32 Å². The van der Waals surface area contributed by atoms with Crippen LogP contribution in [-0.2, 0) is 4.74 Å². The molecule has 1 N–H and O–H groups in total. The molecular formula is C8H16F3NO. The molecule has 5 heteroatoms. The van der Waals surface area contributed by atoms with Crippen molar-refractivity contribution in [2.45, 2.75) is 32.5 Å². The summed E-state index contributed by atoms with van der Waals surface area (Å²) in [6, 6.07) is 0. The minimum atomic E-state index is -4.13. The Bertz CT molecular complexity index is 127. The van der Waals surface area contributed by atoms with E-state index in [2.05, 4.69) is 5.32 Å². The number of hydrogen-bond donors (Lipinski definition) is 1. The minimum Gasteiger partial charge on any atom is -0.377 e. The van der Waals surface area contributed by atoms with Crippen molar-refractivity contribution < 1.29 is 17.9 Å². The van der Waals surface area contributed by atoms with Crippen LogP contribution in [0.4, 0.5) is 13.2 Å². The van der Waals surface area contributed by atoms with E-state index in [0.717, 1.165) is 6.42 Å². The molecule has 0 heterocycles. The summed E-state index contributed by atoms with van der Waals surface area (Å²) in [5, 5.41) is 2.25. The first-order valence-electron chi connectivity index (χ1n) is 4.34. The van der Waals surface area contributed by atoms with Gasteiger partial charge >= 0.3 is 6.18 Å². The fourth-order valence-corrected chi connectivity index (χ4v) is 0.680. The van der Waals surface area contributed by atoms with E-state index in [1.54, 1.807) is 0 Å². The van der Waals surface area contributed by atoms with E-state index in [9.17, 15) is 13.2 Å². The first kappa shape index (κ1) is 12.7. The van der Waals surface area contributed by atoms with Gasteiger partial charge in [-0.3, -0.25) is 0 Å². The van der Waals surface area contributed by atoms with E-state index in [0.29, 0.717) is 6.61 Å². The standard InChI is InChI=1S/C8H16F3NO/c1-3-7(2)13-5-4-12-6-8(9,10)11/h7,12H,3-6H2,1-2H3. The first-order valence-corrected chi connectivity index (χ1v) is 4.34. The second-order valence-corrected chi connectivity index (χ2v) is 2.88. The SMILES string of the molecule is CCC(C)OCCNCC(F)(F)F. The van der Waals surface area contributed by atoms with Gasteiger partial charge < -0.3 is 10.1 Å². The fourth-order valence-electron chi connectivity index (χ4n) is 0.680. The lowest BCUT2D eigenvalue weighted by molar-refractivity contribution is -0.125. The van der Waals surface area contributed by atoms with E-state index in [1.165, 1.54) is 0 Å². The van der Waals surface area contributed by atoms with Crippen molar-refractivity contribution in [3.63, 3.8) is 0 Å². The molecule has 0 aliphatic heterocycles. The quantitative estimate of drug-likeness (QED) is 0.660. The first-order chi connectivity index (χ1) is 5.95. The second kappa shape index (κ2) is 6.21. The minimum absolute atomic E-state index is 0.118. The van der Waals surface area contributed by atoms with Crippen LogP contribution in [0.5, 0.6) is 0 Å². The molecule has 0 aromatic carbocycles. The van der Waals surface area contributed by atoms with E-state index < -0.39 is 12.7 Å². The Morgan fingerprint density at radius 2 is 2.00 bits per heavy atom. The van der Waals surface area contributed by atoms with E-state index in [4.69, 9.17) is 4.74 Å². The van der Waals surface area contributed by atoms with Crippen molar-refractivity contribution in [3.8, 4) is 0 Å². The third-order valence-corrected chi connectivity index (χ3v) is 1.58. The van der Waals surface area contributed by atoms with Gasteiger partial charge in [0.1, 0.15) is 0 Å². The Labute approximate surface area is 76.5 Å². The number of ether oxygens (including phenoxy) is 1. The molecule has 0 rings (SSSR count). The van der Waals surface area contributed by atoms with Crippen molar-refractivity contribution >= 4 is 0 Å². The Balaban J connectivity index is 3.18. The molecule has 0 aliphatic rings. The van der Waals surface area contributed by atoms with Crippen LogP contribution >= 0.6 is 0 Å². The van der Waals surface area contributed by atoms with Crippen LogP contribution in [0.15, 0.2) is 0 Å². The Morgan fingerprint density at radius 3 is 2.46 bits per heavy atom. The second-order valence-electron chi connectivity index (χ2n) is 2.88. The van der Waals surface area contributed by atoms with Crippen LogP contribution in [0.2, 0.25) is 0 Å². The van der Waals surface area contributed by atoms with Gasteiger partial charge in [-0.15, -0.1) is 0 Å². The molecule has 0 aromatic heterocycles. The third-order valence-electron chi connectivity index (χ3n) is 1.58. The van der Waals surface area contributed by atoms with Crippen LogP contribution in [0.25, 0.3) is 0 Å². The van der Waals surface area contributed by atoms with Gasteiger partial charge in [-0.1, -0.05) is 6.92 Å². The van der Waals surface area contributed by atoms with Crippen LogP contribution in [-0.4, -0.2) is 32.0 Å². The Hall–Kier alpha value is -0.290. The molecule has 0 radical (unpaired) electrons. The van der Waals surface area contributed by atoms with Crippen LogP contribution in [0.3, 0.4) is 0 Å². The lowest BCUT2D eigenvalue weighted by atomic mass is 10.3. The number of halogens is 3. The van der Waals surface area contributed by atoms with Gasteiger partial charge in [-0.05, 0) is 13.3 Å². The molecule has 1 atom stereocenters. The highest BCUT2D eigenvalue weighted by Crippen LogP contribution is 2.11. The lowest BCUT2D eigenvalue weighted by Gasteiger charge is -2.11. The number of alkyl halides is 3. The third kappa shape index (κ3) is 9.63. The van der Waals surface area contributed by atoms with Crippen molar-refractivity contribution in [3.05, 3.63) is 0 Å². The van der Waals surface area contributed by atoms with Crippen molar-refractivity contribution in [2.75, 3.05) is 19.7 Å². The predicted octanol–water partition coefficient (Wildman–Crippen LogP) is 1.95. The summed E-state index contributed by atoms with van der Waals surface area (Å²) in [4.78, 5) is 0. The zero-order valence-electron chi connectivity index (χ0n) is 7.95. The monoisotopic (exact) mass is 199 g/mol. The molecule has 0 amide bonds. The van der Waals surface area contributed by atoms with Crippen LogP contribution < -0.4 is 5.32 Å². The van der Waals surface area contributed by atoms with Crippen molar-refractivity contribution in [1.29, 1.82) is 0 Å². The van der Waals surface area contributed by atoms with E-state index in [-0.39, 0.29) is 12.6 Å². The fraction of sp³-hybridized carbons (Fsp3) is 1.00. The zero-order chi connectivity index (χ0) is 10.3. The van der Waals surface area contributed by atoms with E-state index in [1.807, 2.05) is 13.8 Å². The molecular weight excluding hydrogens is 183 g/mol. The lowest BCUT2D eigenvalue weighted by Crippen LogP contribution is -2.31. The number of rotatable bonds is 6. The molecule has 0 aliphatic carbocycles. The molecule has 1 unspecified atom stereocenters. The zero-order valence-corrected chi connectivity index (χ0v) is 7.95. The summed E-state index contributed by atoms with van der Waals surface area (Å²) in [7, 11) is 0. The molecule has 0 saturated heterocycles. The maximum atomic E-state index is 11.6. The van der Waals surface area contributed by atoms with Gasteiger partial charge in [-0.2, -0.15) is 13.2 Å². The Morgan fingerprint density at radius 1 is 1.38 bits per heavy atom. The summed E-state index contributed by atoms with van der Waals surface area (Å²) in [6.45, 7) is 3.48. The molecule has 0 spiro atoms. The van der Waals surface area contributed by atoms with Gasteiger partial charge in [0.25, 0.3) is 0 Å². The smallest absolute Gasteiger partial charge is 0.377 e. The number of hydrogen-bond acceptors (Lipinski definition) is 2. The number of nitrogens with one attached hydrogen (secondary N) is 1. The van der Waals surface area contributed by atoms with Gasteiger partial charge in [0, 0.05) is 6.54 Å². The summed E-state index contributed by atoms with van der Waals surface area (Å²) in [6.07, 6.45) is -3.14. The summed E-state index contributed by atoms with van der Waals surface area (Å²) in [5.74, 6) is 0. The molecule has 80 valence electrons. The summed E-state index contributed by atoms with van der Waals surface area (Å²) >= 11 is 0. The maximum Gasteiger partial charge on any atom is 0.401 e. The summed E-state index contributed by atoms with van der Waals surface area (Å²) in [5.41, 5.74) is 0. The molecule has 0 aromatic rings. The Kier molecular flexibility index (Phi) is 6.07. The molecule has 13 heavy (non-hydrogen) atoms. The maximum absolute atomic E-state index is 11.6. The van der Waals surface area contributed by atoms with Gasteiger partial charge in [0.2, 0.25) is 0 Å².